The Morgan fingerprint density at radius 3 is 0.500 bits per heavy atom. The third kappa shape index (κ3) is 8.82. The average Bonchev–Trinajstić information content (AvgIpc) is 0. The quantitative estimate of drug-likeness (QED) is 0.355. The summed E-state index contributed by atoms with van der Waals surface area (Å²) >= 11 is 0. The fourth-order valence-electron chi connectivity index (χ4n) is 0. The molecule has 0 amide bonds. The predicted octanol–water partition coefficient (Wildman–Crippen LogP) is -0.0100. The van der Waals surface area contributed by atoms with Gasteiger partial charge in [-0.2, -0.15) is 0 Å². The van der Waals surface area contributed by atoms with E-state index < -0.39 is 0 Å². The Morgan fingerprint density at radius 1 is 0.500 bits per heavy atom. The molecular weight excluding hydrogens is 628 g/mol. The summed E-state index contributed by atoms with van der Waals surface area (Å²) in [5.41, 5.74) is 0. The Kier molecular flexibility index (Phi) is 138. The Bertz CT molecular complexity index is 3.25. The average molecular weight is 628 g/mol. The van der Waals surface area contributed by atoms with Crippen molar-refractivity contribution in [3.63, 3.8) is 0 Å². The van der Waals surface area contributed by atoms with E-state index in [1.54, 1.807) is 0 Å². The monoisotopic (exact) mass is 630 g/mol. The van der Waals surface area contributed by atoms with Crippen LogP contribution in [0.25, 0.3) is 0 Å². The SMILES string of the molecule is [Ir].[Ir].[Ir].[V]. The van der Waals surface area contributed by atoms with E-state index in [4.69, 9.17) is 0 Å². The summed E-state index contributed by atoms with van der Waals surface area (Å²) in [6.45, 7) is 0. The molecule has 0 aliphatic rings. The maximum Gasteiger partial charge on any atom is 0 e. The molecule has 0 spiro atoms. The molecular formula is Ir3V. The van der Waals surface area contributed by atoms with Gasteiger partial charge >= 0.3 is 0 Å². The molecule has 4 heteroatoms. The largest absolute Gasteiger partial charge is 0 e. The zero-order valence-electron chi connectivity index (χ0n) is 1.45. The first-order valence-electron chi connectivity index (χ1n) is 0. The van der Waals surface area contributed by atoms with Crippen LogP contribution in [-0.2, 0) is 78.9 Å². The molecule has 0 saturated heterocycles. The van der Waals surface area contributed by atoms with Gasteiger partial charge in [0.15, 0.2) is 0 Å². The summed E-state index contributed by atoms with van der Waals surface area (Å²) in [5.74, 6) is 0. The van der Waals surface area contributed by atoms with Crippen LogP contribution in [0.2, 0.25) is 0 Å². The van der Waals surface area contributed by atoms with Crippen molar-refractivity contribution >= 4 is 0 Å². The first kappa shape index (κ1) is 31.2. The van der Waals surface area contributed by atoms with E-state index in [1.165, 1.54) is 0 Å². The molecule has 4 radical (unpaired) electrons. The molecule has 0 aromatic rings. The molecule has 0 unspecified atom stereocenters. The molecule has 0 saturated carbocycles. The molecule has 0 nitrogen and oxygen atoms in total. The van der Waals surface area contributed by atoms with E-state index in [1.807, 2.05) is 0 Å². The maximum absolute atomic E-state index is 0. The van der Waals surface area contributed by atoms with E-state index in [0.29, 0.717) is 0 Å². The number of hydrogen-bond donors (Lipinski definition) is 0. The Balaban J connectivity index is 0. The van der Waals surface area contributed by atoms with Crippen LogP contribution in [0.4, 0.5) is 0 Å². The first-order valence-corrected chi connectivity index (χ1v) is 0. The van der Waals surface area contributed by atoms with Gasteiger partial charge in [0.05, 0.1) is 0 Å². The predicted molar refractivity (Wildman–Crippen MR) is 0 cm³/mol. The molecule has 0 aliphatic carbocycles. The molecule has 0 atom stereocenters. The van der Waals surface area contributed by atoms with Gasteiger partial charge in [0.2, 0.25) is 0 Å². The van der Waals surface area contributed by atoms with E-state index in [-0.39, 0.29) is 78.9 Å². The summed E-state index contributed by atoms with van der Waals surface area (Å²) in [6.07, 6.45) is 0. The molecule has 0 aromatic heterocycles. The van der Waals surface area contributed by atoms with Crippen molar-refractivity contribution < 1.29 is 78.9 Å². The zero-order chi connectivity index (χ0) is 0. The topological polar surface area (TPSA) is 0 Å². The second-order valence-electron chi connectivity index (χ2n) is 0. The summed E-state index contributed by atoms with van der Waals surface area (Å²) < 4.78 is 0. The molecule has 0 fully saturated rings. The van der Waals surface area contributed by atoms with Gasteiger partial charge in [0.25, 0.3) is 0 Å². The van der Waals surface area contributed by atoms with Crippen LogP contribution in [0.3, 0.4) is 0 Å². The van der Waals surface area contributed by atoms with Gasteiger partial charge in [-0.15, -0.1) is 0 Å². The van der Waals surface area contributed by atoms with E-state index in [2.05, 4.69) is 0 Å². The molecule has 4 heavy (non-hydrogen) atoms. The van der Waals surface area contributed by atoms with Crippen LogP contribution in [0.1, 0.15) is 0 Å². The molecule has 0 heterocycles. The smallest absolute Gasteiger partial charge is 0 e. The van der Waals surface area contributed by atoms with Crippen LogP contribution in [0.15, 0.2) is 0 Å². The van der Waals surface area contributed by atoms with Crippen LogP contribution >= 0.6 is 0 Å². The third-order valence-corrected chi connectivity index (χ3v) is 0. The van der Waals surface area contributed by atoms with Crippen molar-refractivity contribution in [2.45, 2.75) is 0 Å². The Morgan fingerprint density at radius 2 is 0.500 bits per heavy atom. The van der Waals surface area contributed by atoms with Crippen molar-refractivity contribution in [1.29, 1.82) is 0 Å². The number of rotatable bonds is 0. The van der Waals surface area contributed by atoms with Gasteiger partial charge in [-0.1, -0.05) is 0 Å². The maximum atomic E-state index is 0. The second-order valence-corrected chi connectivity index (χ2v) is 0. The Labute approximate surface area is 77.8 Å². The molecule has 32 valence electrons. The van der Waals surface area contributed by atoms with Crippen molar-refractivity contribution in [3.8, 4) is 0 Å². The molecule has 0 bridgehead atoms. The first-order chi connectivity index (χ1) is 0. The minimum atomic E-state index is 0. The minimum absolute atomic E-state index is 0. The van der Waals surface area contributed by atoms with Gasteiger partial charge in [0.1, 0.15) is 0 Å². The minimum Gasteiger partial charge on any atom is 0 e. The standard InChI is InChI=1S/3Ir.V. The summed E-state index contributed by atoms with van der Waals surface area (Å²) in [4.78, 5) is 0. The normalized spacial score (nSPS) is 0. The van der Waals surface area contributed by atoms with Crippen LogP contribution in [-0.4, -0.2) is 0 Å². The van der Waals surface area contributed by atoms with Crippen molar-refractivity contribution in [2.24, 2.45) is 0 Å². The molecule has 0 aliphatic heterocycles. The molecule has 0 N–H and O–H groups in total. The van der Waals surface area contributed by atoms with E-state index in [9.17, 15) is 0 Å². The fraction of sp³-hybridized carbons (Fsp3) is 0. The molecule has 0 aromatic carbocycles. The van der Waals surface area contributed by atoms with Crippen LogP contribution in [0, 0.1) is 0 Å². The zero-order valence-corrected chi connectivity index (χ0v) is 10.0. The van der Waals surface area contributed by atoms with Gasteiger partial charge in [-0.3, -0.25) is 0 Å². The van der Waals surface area contributed by atoms with Crippen molar-refractivity contribution in [2.75, 3.05) is 0 Å². The summed E-state index contributed by atoms with van der Waals surface area (Å²) in [5, 5.41) is 0. The van der Waals surface area contributed by atoms with Crippen LogP contribution in [0.5, 0.6) is 0 Å². The Hall–Kier alpha value is 2.53. The van der Waals surface area contributed by atoms with Gasteiger partial charge in [-0.05, 0) is 0 Å². The van der Waals surface area contributed by atoms with Crippen molar-refractivity contribution in [1.82, 2.24) is 0 Å². The second kappa shape index (κ2) is 17.7. The molecule has 0 rings (SSSR count). The third-order valence-electron chi connectivity index (χ3n) is 0. The van der Waals surface area contributed by atoms with Gasteiger partial charge in [-0.25, -0.2) is 0 Å². The van der Waals surface area contributed by atoms with Crippen molar-refractivity contribution in [3.05, 3.63) is 0 Å². The number of hydrogen-bond acceptors (Lipinski definition) is 0. The van der Waals surface area contributed by atoms with Crippen LogP contribution < -0.4 is 0 Å². The van der Waals surface area contributed by atoms with Gasteiger partial charge < -0.3 is 0 Å². The van der Waals surface area contributed by atoms with Gasteiger partial charge in [0, 0.05) is 78.9 Å². The summed E-state index contributed by atoms with van der Waals surface area (Å²) in [6, 6.07) is 0. The fourth-order valence-corrected chi connectivity index (χ4v) is 0. The summed E-state index contributed by atoms with van der Waals surface area (Å²) in [7, 11) is 0. The van der Waals surface area contributed by atoms with E-state index in [0.717, 1.165) is 0 Å². The van der Waals surface area contributed by atoms with E-state index >= 15 is 0 Å².